The highest BCUT2D eigenvalue weighted by atomic mass is 32.1. The first-order valence-corrected chi connectivity index (χ1v) is 11.2. The van der Waals surface area contributed by atoms with Crippen LogP contribution in [0.2, 0.25) is 0 Å². The maximum Gasteiger partial charge on any atom is 0.343 e. The van der Waals surface area contributed by atoms with Gasteiger partial charge in [0.15, 0.2) is 0 Å². The predicted octanol–water partition coefficient (Wildman–Crippen LogP) is 5.58. The Morgan fingerprint density at radius 1 is 1.15 bits per heavy atom. The highest BCUT2D eigenvalue weighted by Gasteiger charge is 2.43. The van der Waals surface area contributed by atoms with Crippen LogP contribution in [0.1, 0.15) is 52.1 Å². The van der Waals surface area contributed by atoms with E-state index in [9.17, 15) is 9.90 Å². The molecule has 0 bridgehead atoms. The molecule has 27 heavy (non-hydrogen) atoms. The van der Waals surface area contributed by atoms with Gasteiger partial charge in [-0.05, 0) is 54.7 Å². The van der Waals surface area contributed by atoms with Crippen molar-refractivity contribution in [2.75, 3.05) is 0 Å². The van der Waals surface area contributed by atoms with E-state index in [1.807, 2.05) is 6.07 Å². The van der Waals surface area contributed by atoms with E-state index in [2.05, 4.69) is 30.5 Å². The molecule has 0 saturated heterocycles. The van der Waals surface area contributed by atoms with Crippen LogP contribution in [0.5, 0.6) is 5.75 Å². The van der Waals surface area contributed by atoms with Crippen LogP contribution in [0.25, 0.3) is 0 Å². The summed E-state index contributed by atoms with van der Waals surface area (Å²) in [5.74, 6) is 0.673. The van der Waals surface area contributed by atoms with E-state index < -0.39 is 5.63 Å². The van der Waals surface area contributed by atoms with Crippen LogP contribution in [0.15, 0.2) is 44.9 Å². The SMILES string of the molecule is CCCc1ccc(Cc2c(O)cc(CC3(Cc4cccs4)CC3)oc2=O)s1. The quantitative estimate of drug-likeness (QED) is 0.537. The molecule has 1 saturated carbocycles. The van der Waals surface area contributed by atoms with Gasteiger partial charge in [-0.2, -0.15) is 0 Å². The largest absolute Gasteiger partial charge is 0.507 e. The van der Waals surface area contributed by atoms with Gasteiger partial charge in [-0.1, -0.05) is 19.4 Å². The summed E-state index contributed by atoms with van der Waals surface area (Å²) >= 11 is 3.48. The molecule has 3 heterocycles. The van der Waals surface area contributed by atoms with E-state index in [0.717, 1.165) is 37.0 Å². The molecule has 0 atom stereocenters. The number of hydrogen-bond donors (Lipinski definition) is 1. The van der Waals surface area contributed by atoms with Gasteiger partial charge >= 0.3 is 5.63 Å². The molecule has 0 amide bonds. The Morgan fingerprint density at radius 2 is 1.96 bits per heavy atom. The third-order valence-corrected chi connectivity index (χ3v) is 7.30. The van der Waals surface area contributed by atoms with E-state index in [1.54, 1.807) is 28.7 Å². The van der Waals surface area contributed by atoms with Crippen molar-refractivity contribution >= 4 is 22.7 Å². The molecular formula is C22H24O3S2. The predicted molar refractivity (Wildman–Crippen MR) is 111 cm³/mol. The maximum atomic E-state index is 12.5. The summed E-state index contributed by atoms with van der Waals surface area (Å²) in [7, 11) is 0. The molecule has 0 aromatic carbocycles. The van der Waals surface area contributed by atoms with Crippen molar-refractivity contribution in [2.45, 2.75) is 51.9 Å². The summed E-state index contributed by atoms with van der Waals surface area (Å²) in [5.41, 5.74) is 0.159. The Hall–Kier alpha value is -1.85. The molecule has 0 spiro atoms. The van der Waals surface area contributed by atoms with Crippen LogP contribution in [-0.4, -0.2) is 5.11 Å². The molecule has 1 fully saturated rings. The van der Waals surface area contributed by atoms with Crippen molar-refractivity contribution < 1.29 is 9.52 Å². The second-order valence-electron chi connectivity index (χ2n) is 7.59. The first-order chi connectivity index (χ1) is 13.1. The van der Waals surface area contributed by atoms with Crippen molar-refractivity contribution in [2.24, 2.45) is 5.41 Å². The lowest BCUT2D eigenvalue weighted by atomic mass is 9.95. The summed E-state index contributed by atoms with van der Waals surface area (Å²) < 4.78 is 5.60. The van der Waals surface area contributed by atoms with Gasteiger partial charge in [-0.15, -0.1) is 22.7 Å². The Morgan fingerprint density at radius 3 is 2.63 bits per heavy atom. The number of thiophene rings is 2. The molecule has 3 nitrogen and oxygen atoms in total. The van der Waals surface area contributed by atoms with Crippen LogP contribution in [-0.2, 0) is 25.7 Å². The second kappa shape index (κ2) is 7.64. The third-order valence-electron chi connectivity index (χ3n) is 5.28. The average molecular weight is 401 g/mol. The van der Waals surface area contributed by atoms with Gasteiger partial charge in [-0.3, -0.25) is 0 Å². The van der Waals surface area contributed by atoms with E-state index in [-0.39, 0.29) is 11.2 Å². The molecule has 3 aromatic heterocycles. The molecule has 0 unspecified atom stereocenters. The average Bonchev–Trinajstić information content (AvgIpc) is 3.00. The molecular weight excluding hydrogens is 376 g/mol. The fourth-order valence-corrected chi connectivity index (χ4v) is 5.63. The fourth-order valence-electron chi connectivity index (χ4n) is 3.62. The van der Waals surface area contributed by atoms with Gasteiger partial charge in [0.05, 0.1) is 5.56 Å². The zero-order valence-electron chi connectivity index (χ0n) is 15.5. The van der Waals surface area contributed by atoms with Gasteiger partial charge in [-0.25, -0.2) is 4.79 Å². The molecule has 1 aliphatic rings. The summed E-state index contributed by atoms with van der Waals surface area (Å²) in [6.07, 6.45) is 6.62. The zero-order valence-corrected chi connectivity index (χ0v) is 17.1. The van der Waals surface area contributed by atoms with Crippen molar-refractivity contribution in [3.8, 4) is 5.75 Å². The van der Waals surface area contributed by atoms with Crippen LogP contribution in [0.3, 0.4) is 0 Å². The summed E-state index contributed by atoms with van der Waals surface area (Å²) in [4.78, 5) is 16.3. The van der Waals surface area contributed by atoms with Gasteiger partial charge in [0.25, 0.3) is 0 Å². The van der Waals surface area contributed by atoms with E-state index >= 15 is 0 Å². The van der Waals surface area contributed by atoms with E-state index in [0.29, 0.717) is 24.2 Å². The van der Waals surface area contributed by atoms with Crippen molar-refractivity contribution in [3.63, 3.8) is 0 Å². The standard InChI is InChI=1S/C22H24O3S2/c1-2-4-16-6-7-17(27-16)12-19-20(23)11-15(25-21(19)24)13-22(8-9-22)14-18-5-3-10-26-18/h3,5-7,10-11,23H,2,4,8-9,12-14H2,1H3. The fraction of sp³-hybridized carbons (Fsp3) is 0.409. The Labute approximate surface area is 167 Å². The molecule has 4 rings (SSSR count). The van der Waals surface area contributed by atoms with Gasteiger partial charge in [0.2, 0.25) is 0 Å². The monoisotopic (exact) mass is 400 g/mol. The summed E-state index contributed by atoms with van der Waals surface area (Å²) in [6, 6.07) is 10.1. The molecule has 0 aliphatic heterocycles. The minimum absolute atomic E-state index is 0.0682. The topological polar surface area (TPSA) is 50.4 Å². The van der Waals surface area contributed by atoms with Crippen LogP contribution in [0, 0.1) is 5.41 Å². The smallest absolute Gasteiger partial charge is 0.343 e. The van der Waals surface area contributed by atoms with Crippen LogP contribution >= 0.6 is 22.7 Å². The van der Waals surface area contributed by atoms with Crippen molar-refractivity contribution in [1.29, 1.82) is 0 Å². The number of hydrogen-bond acceptors (Lipinski definition) is 5. The maximum absolute atomic E-state index is 12.5. The lowest BCUT2D eigenvalue weighted by molar-refractivity contribution is 0.378. The number of aryl methyl sites for hydroxylation is 1. The Bertz CT molecular complexity index is 962. The number of aromatic hydroxyl groups is 1. The lowest BCUT2D eigenvalue weighted by Crippen LogP contribution is -2.13. The molecule has 1 aliphatic carbocycles. The first-order valence-electron chi connectivity index (χ1n) is 9.52. The molecule has 142 valence electrons. The minimum Gasteiger partial charge on any atom is -0.507 e. The lowest BCUT2D eigenvalue weighted by Gasteiger charge is -2.13. The summed E-state index contributed by atoms with van der Waals surface area (Å²) in [5, 5.41) is 12.6. The van der Waals surface area contributed by atoms with E-state index in [1.165, 1.54) is 9.75 Å². The molecule has 5 heteroatoms. The van der Waals surface area contributed by atoms with Gasteiger partial charge in [0, 0.05) is 33.5 Å². The zero-order chi connectivity index (χ0) is 18.9. The second-order valence-corrected chi connectivity index (χ2v) is 9.88. The molecule has 0 radical (unpaired) electrons. The van der Waals surface area contributed by atoms with Crippen molar-refractivity contribution in [1.82, 2.24) is 0 Å². The van der Waals surface area contributed by atoms with Crippen molar-refractivity contribution in [3.05, 3.63) is 72.1 Å². The van der Waals surface area contributed by atoms with Crippen LogP contribution in [0.4, 0.5) is 0 Å². The Balaban J connectivity index is 1.49. The highest BCUT2D eigenvalue weighted by Crippen LogP contribution is 2.51. The summed E-state index contributed by atoms with van der Waals surface area (Å²) in [6.45, 7) is 2.16. The van der Waals surface area contributed by atoms with Gasteiger partial charge < -0.3 is 9.52 Å². The Kier molecular flexibility index (Phi) is 5.24. The minimum atomic E-state index is -0.401. The number of rotatable bonds is 8. The van der Waals surface area contributed by atoms with Crippen LogP contribution < -0.4 is 5.63 Å². The molecule has 3 aromatic rings. The third kappa shape index (κ3) is 4.36. The van der Waals surface area contributed by atoms with E-state index in [4.69, 9.17) is 4.42 Å². The highest BCUT2D eigenvalue weighted by molar-refractivity contribution is 7.12. The first kappa shape index (κ1) is 18.5. The normalized spacial score (nSPS) is 15.1. The molecule has 1 N–H and O–H groups in total. The van der Waals surface area contributed by atoms with Gasteiger partial charge in [0.1, 0.15) is 11.5 Å².